The number of aryl methyl sites for hydroxylation is 1. The Kier molecular flexibility index (Phi) is 6.15. The molecule has 1 N–H and O–H groups in total. The highest BCUT2D eigenvalue weighted by molar-refractivity contribution is 7.80. The Hall–Kier alpha value is -3.15. The first-order valence-electron chi connectivity index (χ1n) is 11.4. The molecule has 0 aliphatic carbocycles. The molecule has 5 rings (SSSR count). The van der Waals surface area contributed by atoms with Gasteiger partial charge in [0.2, 0.25) is 0 Å². The van der Waals surface area contributed by atoms with E-state index in [1.165, 1.54) is 5.56 Å². The summed E-state index contributed by atoms with van der Waals surface area (Å²) in [6.07, 6.45) is 1.81. The Morgan fingerprint density at radius 3 is 2.53 bits per heavy atom. The standard InChI is InChI=1S/C28H26ClN3OS/c1-17(2)19-8-11-21(12-9-19)32-27(26(31-28(32)34)23-6-4-5-15-30-23)25-14-13-24(33-25)22-16-20(29)10-7-18(22)3/h4-17,26-27H,1-3H3,(H,31,34)/t26-,27-/m1/s1. The molecule has 0 bridgehead atoms. The molecule has 4 aromatic rings. The Labute approximate surface area is 210 Å². The van der Waals surface area contributed by atoms with E-state index in [9.17, 15) is 0 Å². The average molecular weight is 488 g/mol. The van der Waals surface area contributed by atoms with Crippen molar-refractivity contribution in [2.75, 3.05) is 4.90 Å². The fourth-order valence-corrected chi connectivity index (χ4v) is 4.98. The number of pyridine rings is 1. The van der Waals surface area contributed by atoms with E-state index in [0.717, 1.165) is 34.0 Å². The molecule has 34 heavy (non-hydrogen) atoms. The van der Waals surface area contributed by atoms with Gasteiger partial charge in [-0.05, 0) is 84.7 Å². The van der Waals surface area contributed by atoms with Crippen molar-refractivity contribution in [3.05, 3.63) is 107 Å². The van der Waals surface area contributed by atoms with Crippen LogP contribution in [0.4, 0.5) is 5.69 Å². The van der Waals surface area contributed by atoms with Gasteiger partial charge in [0.05, 0.1) is 11.7 Å². The Bertz CT molecular complexity index is 1320. The quantitative estimate of drug-likeness (QED) is 0.293. The molecule has 0 saturated carbocycles. The van der Waals surface area contributed by atoms with E-state index in [2.05, 4.69) is 60.2 Å². The van der Waals surface area contributed by atoms with E-state index in [1.54, 1.807) is 6.20 Å². The summed E-state index contributed by atoms with van der Waals surface area (Å²) in [7, 11) is 0. The zero-order valence-corrected chi connectivity index (χ0v) is 20.9. The highest BCUT2D eigenvalue weighted by Crippen LogP contribution is 2.43. The first-order chi connectivity index (χ1) is 16.4. The largest absolute Gasteiger partial charge is 0.459 e. The topological polar surface area (TPSA) is 41.3 Å². The molecular formula is C28H26ClN3OS. The molecule has 3 heterocycles. The minimum absolute atomic E-state index is 0.155. The molecule has 2 aromatic carbocycles. The second kappa shape index (κ2) is 9.24. The van der Waals surface area contributed by atoms with Gasteiger partial charge in [-0.15, -0.1) is 0 Å². The Morgan fingerprint density at radius 1 is 1.03 bits per heavy atom. The van der Waals surface area contributed by atoms with Gasteiger partial charge in [-0.2, -0.15) is 0 Å². The second-order valence-corrected chi connectivity index (χ2v) is 9.73. The SMILES string of the molecule is Cc1ccc(Cl)cc1-c1ccc([C@@H]2[C@@H](c3ccccn3)NC(=S)N2c2ccc(C(C)C)cc2)o1. The number of aromatic nitrogens is 1. The molecule has 0 unspecified atom stereocenters. The van der Waals surface area contributed by atoms with Crippen LogP contribution in [0.15, 0.2) is 83.4 Å². The van der Waals surface area contributed by atoms with Gasteiger partial charge in [-0.1, -0.05) is 49.7 Å². The van der Waals surface area contributed by atoms with Gasteiger partial charge in [-0.25, -0.2) is 0 Å². The van der Waals surface area contributed by atoms with Gasteiger partial charge >= 0.3 is 0 Å². The summed E-state index contributed by atoms with van der Waals surface area (Å²) in [5.74, 6) is 2.05. The van der Waals surface area contributed by atoms with Crippen molar-refractivity contribution in [3.8, 4) is 11.3 Å². The first-order valence-corrected chi connectivity index (χ1v) is 12.2. The highest BCUT2D eigenvalue weighted by Gasteiger charge is 2.42. The number of benzene rings is 2. The molecule has 0 spiro atoms. The van der Waals surface area contributed by atoms with E-state index < -0.39 is 0 Å². The molecule has 0 radical (unpaired) electrons. The van der Waals surface area contributed by atoms with Crippen molar-refractivity contribution in [2.24, 2.45) is 0 Å². The molecule has 1 aliphatic heterocycles. The number of furan rings is 1. The Morgan fingerprint density at radius 2 is 1.82 bits per heavy atom. The minimum atomic E-state index is -0.194. The molecule has 6 heteroatoms. The molecule has 2 atom stereocenters. The molecule has 1 saturated heterocycles. The summed E-state index contributed by atoms with van der Waals surface area (Å²) in [6.45, 7) is 6.44. The number of thiocarbonyl (C=S) groups is 1. The summed E-state index contributed by atoms with van der Waals surface area (Å²) < 4.78 is 6.48. The smallest absolute Gasteiger partial charge is 0.174 e. The van der Waals surface area contributed by atoms with Crippen LogP contribution in [0.2, 0.25) is 5.02 Å². The number of rotatable bonds is 5. The van der Waals surface area contributed by atoms with Crippen LogP contribution in [0.5, 0.6) is 0 Å². The van der Waals surface area contributed by atoms with E-state index in [0.29, 0.717) is 16.1 Å². The van der Waals surface area contributed by atoms with Crippen molar-refractivity contribution < 1.29 is 4.42 Å². The third kappa shape index (κ3) is 4.22. The van der Waals surface area contributed by atoms with E-state index >= 15 is 0 Å². The van der Waals surface area contributed by atoms with Crippen LogP contribution in [0.25, 0.3) is 11.3 Å². The zero-order valence-electron chi connectivity index (χ0n) is 19.3. The van der Waals surface area contributed by atoms with Gasteiger partial charge in [0.15, 0.2) is 5.11 Å². The van der Waals surface area contributed by atoms with Crippen LogP contribution in [0.3, 0.4) is 0 Å². The summed E-state index contributed by atoms with van der Waals surface area (Å²) in [6, 6.07) is 24.0. The van der Waals surface area contributed by atoms with Gasteiger partial charge in [-0.3, -0.25) is 4.98 Å². The van der Waals surface area contributed by atoms with Crippen molar-refractivity contribution in [1.82, 2.24) is 10.3 Å². The zero-order chi connectivity index (χ0) is 23.8. The van der Waals surface area contributed by atoms with E-state index in [1.807, 2.05) is 48.5 Å². The fraction of sp³-hybridized carbons (Fsp3) is 0.214. The summed E-state index contributed by atoms with van der Waals surface area (Å²) in [5, 5.41) is 4.82. The summed E-state index contributed by atoms with van der Waals surface area (Å²) in [5.41, 5.74) is 5.30. The van der Waals surface area contributed by atoms with Gasteiger partial charge in [0.25, 0.3) is 0 Å². The van der Waals surface area contributed by atoms with Crippen LogP contribution in [0, 0.1) is 6.92 Å². The molecule has 2 aromatic heterocycles. The third-order valence-electron chi connectivity index (χ3n) is 6.32. The van der Waals surface area contributed by atoms with Crippen molar-refractivity contribution in [1.29, 1.82) is 0 Å². The monoisotopic (exact) mass is 487 g/mol. The van der Waals surface area contributed by atoms with Crippen molar-refractivity contribution in [2.45, 2.75) is 38.8 Å². The maximum absolute atomic E-state index is 6.48. The molecule has 0 amide bonds. The molecule has 172 valence electrons. The lowest BCUT2D eigenvalue weighted by Gasteiger charge is -2.26. The first kappa shape index (κ1) is 22.6. The number of anilines is 1. The van der Waals surface area contributed by atoms with Gasteiger partial charge in [0, 0.05) is 22.5 Å². The number of nitrogens with zero attached hydrogens (tertiary/aromatic N) is 2. The lowest BCUT2D eigenvalue weighted by Crippen LogP contribution is -2.29. The van der Waals surface area contributed by atoms with E-state index in [-0.39, 0.29) is 12.1 Å². The van der Waals surface area contributed by atoms with Crippen LogP contribution < -0.4 is 10.2 Å². The number of hydrogen-bond acceptors (Lipinski definition) is 3. The van der Waals surface area contributed by atoms with Crippen LogP contribution in [0.1, 0.15) is 54.4 Å². The Balaban J connectivity index is 1.59. The maximum atomic E-state index is 6.48. The minimum Gasteiger partial charge on any atom is -0.459 e. The number of halogens is 1. The van der Waals surface area contributed by atoms with Crippen LogP contribution in [-0.2, 0) is 0 Å². The van der Waals surface area contributed by atoms with Crippen molar-refractivity contribution >= 4 is 34.6 Å². The predicted octanol–water partition coefficient (Wildman–Crippen LogP) is 7.60. The average Bonchev–Trinajstić information content (AvgIpc) is 3.46. The normalized spacial score (nSPS) is 17.9. The third-order valence-corrected chi connectivity index (χ3v) is 6.87. The van der Waals surface area contributed by atoms with Crippen molar-refractivity contribution in [3.63, 3.8) is 0 Å². The predicted molar refractivity (Wildman–Crippen MR) is 142 cm³/mol. The van der Waals surface area contributed by atoms with Crippen LogP contribution >= 0.6 is 23.8 Å². The lowest BCUT2D eigenvalue weighted by atomic mass is 10.0. The summed E-state index contributed by atoms with van der Waals surface area (Å²) in [4.78, 5) is 6.75. The number of nitrogens with one attached hydrogen (secondary N) is 1. The second-order valence-electron chi connectivity index (χ2n) is 8.90. The van der Waals surface area contributed by atoms with E-state index in [4.69, 9.17) is 28.2 Å². The lowest BCUT2D eigenvalue weighted by molar-refractivity contribution is 0.439. The number of hydrogen-bond donors (Lipinski definition) is 1. The summed E-state index contributed by atoms with van der Waals surface area (Å²) >= 11 is 12.1. The molecular weight excluding hydrogens is 462 g/mol. The molecule has 1 aliphatic rings. The molecule has 4 nitrogen and oxygen atoms in total. The van der Waals surface area contributed by atoms with Crippen LogP contribution in [-0.4, -0.2) is 10.1 Å². The molecule has 1 fully saturated rings. The highest BCUT2D eigenvalue weighted by atomic mass is 35.5. The van der Waals surface area contributed by atoms with Gasteiger partial charge < -0.3 is 14.6 Å². The van der Waals surface area contributed by atoms with Gasteiger partial charge in [0.1, 0.15) is 17.6 Å². The fourth-order valence-electron chi connectivity index (χ4n) is 4.46. The maximum Gasteiger partial charge on any atom is 0.174 e.